The van der Waals surface area contributed by atoms with Gasteiger partial charge in [-0.2, -0.15) is 0 Å². The molecule has 2 N–H and O–H groups in total. The van der Waals surface area contributed by atoms with E-state index in [4.69, 9.17) is 9.47 Å². The molecule has 1 aromatic rings. The highest BCUT2D eigenvalue weighted by molar-refractivity contribution is 5.75. The molecule has 0 atom stereocenters. The van der Waals surface area contributed by atoms with Crippen molar-refractivity contribution in [2.75, 3.05) is 32.8 Å². The van der Waals surface area contributed by atoms with Crippen molar-refractivity contribution >= 4 is 5.91 Å². The van der Waals surface area contributed by atoms with Crippen molar-refractivity contribution in [3.05, 3.63) is 24.3 Å². The number of hydrogen-bond donors (Lipinski definition) is 2. The van der Waals surface area contributed by atoms with Crippen molar-refractivity contribution in [2.24, 2.45) is 0 Å². The number of amides is 1. The van der Waals surface area contributed by atoms with Gasteiger partial charge >= 0.3 is 0 Å². The van der Waals surface area contributed by atoms with E-state index in [1.54, 1.807) is 0 Å². The second kappa shape index (κ2) is 10.1. The molecule has 20 heavy (non-hydrogen) atoms. The first-order valence-corrected chi connectivity index (χ1v) is 7.10. The number of benzene rings is 1. The first-order valence-electron chi connectivity index (χ1n) is 7.10. The molecule has 0 aliphatic rings. The molecule has 1 aromatic carbocycles. The topological polar surface area (TPSA) is 59.6 Å². The Hall–Kier alpha value is -1.75. The van der Waals surface area contributed by atoms with Gasteiger partial charge in [-0.25, -0.2) is 0 Å². The highest BCUT2D eigenvalue weighted by Gasteiger charge is 2.03. The molecule has 0 heterocycles. The third-order valence-corrected chi connectivity index (χ3v) is 2.59. The predicted octanol–water partition coefficient (Wildman–Crippen LogP) is 1.58. The van der Waals surface area contributed by atoms with Gasteiger partial charge < -0.3 is 20.1 Å². The first kappa shape index (κ1) is 16.3. The maximum absolute atomic E-state index is 11.2. The van der Waals surface area contributed by atoms with Crippen molar-refractivity contribution in [1.82, 2.24) is 10.6 Å². The fraction of sp³-hybridized carbons (Fsp3) is 0.533. The highest BCUT2D eigenvalue weighted by Crippen LogP contribution is 2.25. The zero-order valence-corrected chi connectivity index (χ0v) is 12.3. The van der Waals surface area contributed by atoms with E-state index in [1.807, 2.05) is 38.1 Å². The van der Waals surface area contributed by atoms with Crippen molar-refractivity contribution in [1.29, 1.82) is 0 Å². The predicted molar refractivity (Wildman–Crippen MR) is 79.3 cm³/mol. The molecule has 112 valence electrons. The molecule has 0 fully saturated rings. The van der Waals surface area contributed by atoms with Gasteiger partial charge in [-0.15, -0.1) is 0 Å². The van der Waals surface area contributed by atoms with E-state index in [-0.39, 0.29) is 5.91 Å². The van der Waals surface area contributed by atoms with Crippen molar-refractivity contribution in [3.63, 3.8) is 0 Å². The minimum atomic E-state index is 0.0719. The largest absolute Gasteiger partial charge is 0.490 e. The van der Waals surface area contributed by atoms with Crippen LogP contribution in [0.3, 0.4) is 0 Å². The molecule has 0 radical (unpaired) electrons. The second-order valence-electron chi connectivity index (χ2n) is 4.18. The molecule has 5 heteroatoms. The van der Waals surface area contributed by atoms with Crippen LogP contribution in [0, 0.1) is 0 Å². The number of nitrogens with one attached hydrogen (secondary N) is 2. The van der Waals surface area contributed by atoms with Gasteiger partial charge in [0.05, 0.1) is 6.61 Å². The Balaban J connectivity index is 2.16. The van der Waals surface area contributed by atoms with Crippen LogP contribution in [0.25, 0.3) is 0 Å². The normalized spacial score (nSPS) is 10.1. The summed E-state index contributed by atoms with van der Waals surface area (Å²) in [5, 5.41) is 5.93. The number of rotatable bonds is 10. The summed E-state index contributed by atoms with van der Waals surface area (Å²) in [6.07, 6.45) is 0.489. The molecule has 0 aliphatic heterocycles. The lowest BCUT2D eigenvalue weighted by molar-refractivity contribution is -0.120. The lowest BCUT2D eigenvalue weighted by atomic mass is 10.3. The number of carbonyl (C=O) groups excluding carboxylic acids is 1. The van der Waals surface area contributed by atoms with E-state index in [1.165, 1.54) is 0 Å². The zero-order chi connectivity index (χ0) is 14.6. The molecule has 0 spiro atoms. The summed E-state index contributed by atoms with van der Waals surface area (Å²) >= 11 is 0. The molecular formula is C15H24N2O3. The Morgan fingerprint density at radius 2 is 1.80 bits per heavy atom. The summed E-state index contributed by atoms with van der Waals surface area (Å²) in [4.78, 5) is 11.2. The Bertz CT molecular complexity index is 396. The monoisotopic (exact) mass is 280 g/mol. The van der Waals surface area contributed by atoms with E-state index in [9.17, 15) is 4.79 Å². The Morgan fingerprint density at radius 3 is 2.45 bits per heavy atom. The van der Waals surface area contributed by atoms with Gasteiger partial charge in [-0.05, 0) is 26.0 Å². The fourth-order valence-electron chi connectivity index (χ4n) is 1.69. The minimum Gasteiger partial charge on any atom is -0.490 e. The van der Waals surface area contributed by atoms with Crippen molar-refractivity contribution in [2.45, 2.75) is 20.3 Å². The van der Waals surface area contributed by atoms with Crippen molar-refractivity contribution < 1.29 is 14.3 Å². The number of ether oxygens (including phenoxy) is 2. The maximum atomic E-state index is 11.2. The van der Waals surface area contributed by atoms with Gasteiger partial charge in [0.15, 0.2) is 11.5 Å². The summed E-state index contributed by atoms with van der Waals surface area (Å²) in [5.41, 5.74) is 0. The average molecular weight is 280 g/mol. The van der Waals surface area contributed by atoms with E-state index in [0.717, 1.165) is 11.5 Å². The van der Waals surface area contributed by atoms with Crippen LogP contribution < -0.4 is 20.1 Å². The summed E-state index contributed by atoms with van der Waals surface area (Å²) in [7, 11) is 0. The standard InChI is InChI=1S/C15H24N2O3/c1-3-17-15(18)9-10-16-11-12-20-14-8-6-5-7-13(14)19-4-2/h5-8,16H,3-4,9-12H2,1-2H3,(H,17,18). The molecule has 5 nitrogen and oxygen atoms in total. The maximum Gasteiger partial charge on any atom is 0.221 e. The Kier molecular flexibility index (Phi) is 8.22. The number of hydrogen-bond acceptors (Lipinski definition) is 4. The molecule has 0 saturated heterocycles. The third kappa shape index (κ3) is 6.43. The Morgan fingerprint density at radius 1 is 1.10 bits per heavy atom. The fourth-order valence-corrected chi connectivity index (χ4v) is 1.69. The summed E-state index contributed by atoms with van der Waals surface area (Å²) in [6, 6.07) is 7.61. The lowest BCUT2D eigenvalue weighted by Gasteiger charge is -2.11. The zero-order valence-electron chi connectivity index (χ0n) is 12.3. The van der Waals surface area contributed by atoms with Gasteiger partial charge in [-0.1, -0.05) is 12.1 Å². The average Bonchev–Trinajstić information content (AvgIpc) is 2.45. The molecule has 0 aromatic heterocycles. The SMILES string of the molecule is CCNC(=O)CCNCCOc1ccccc1OCC. The van der Waals surface area contributed by atoms with Crippen LogP contribution in [0.1, 0.15) is 20.3 Å². The highest BCUT2D eigenvalue weighted by atomic mass is 16.5. The molecular weight excluding hydrogens is 256 g/mol. The van der Waals surface area contributed by atoms with E-state index < -0.39 is 0 Å². The molecule has 1 amide bonds. The minimum absolute atomic E-state index is 0.0719. The third-order valence-electron chi connectivity index (χ3n) is 2.59. The van der Waals surface area contributed by atoms with E-state index >= 15 is 0 Å². The van der Waals surface area contributed by atoms with Gasteiger partial charge in [0.2, 0.25) is 5.91 Å². The van der Waals surface area contributed by atoms with Crippen LogP contribution in [-0.4, -0.2) is 38.8 Å². The van der Waals surface area contributed by atoms with Gasteiger partial charge in [0, 0.05) is 26.1 Å². The van der Waals surface area contributed by atoms with Crippen LogP contribution in [0.2, 0.25) is 0 Å². The van der Waals surface area contributed by atoms with Gasteiger partial charge in [0.25, 0.3) is 0 Å². The molecule has 0 aliphatic carbocycles. The molecule has 0 unspecified atom stereocenters. The van der Waals surface area contributed by atoms with Gasteiger partial charge in [-0.3, -0.25) is 4.79 Å². The van der Waals surface area contributed by atoms with E-state index in [2.05, 4.69) is 10.6 Å². The van der Waals surface area contributed by atoms with Crippen LogP contribution in [0.5, 0.6) is 11.5 Å². The van der Waals surface area contributed by atoms with E-state index in [0.29, 0.717) is 39.3 Å². The smallest absolute Gasteiger partial charge is 0.221 e. The van der Waals surface area contributed by atoms with Crippen molar-refractivity contribution in [3.8, 4) is 11.5 Å². The molecule has 1 rings (SSSR count). The van der Waals surface area contributed by atoms with Crippen LogP contribution in [-0.2, 0) is 4.79 Å². The summed E-state index contributed by atoms with van der Waals surface area (Å²) in [5.74, 6) is 1.58. The summed E-state index contributed by atoms with van der Waals surface area (Å²) in [6.45, 7) is 7.04. The number of para-hydroxylation sites is 2. The first-order chi connectivity index (χ1) is 9.77. The Labute approximate surface area is 120 Å². The number of carbonyl (C=O) groups is 1. The van der Waals surface area contributed by atoms with Crippen LogP contribution in [0.15, 0.2) is 24.3 Å². The van der Waals surface area contributed by atoms with Crippen LogP contribution >= 0.6 is 0 Å². The van der Waals surface area contributed by atoms with Crippen LogP contribution in [0.4, 0.5) is 0 Å². The lowest BCUT2D eigenvalue weighted by Crippen LogP contribution is -2.29. The summed E-state index contributed by atoms with van der Waals surface area (Å²) < 4.78 is 11.1. The molecule has 0 saturated carbocycles. The second-order valence-corrected chi connectivity index (χ2v) is 4.18. The molecule has 0 bridgehead atoms. The quantitative estimate of drug-likeness (QED) is 0.639. The van der Waals surface area contributed by atoms with Gasteiger partial charge in [0.1, 0.15) is 6.61 Å².